The number of aryl methyl sites for hydroxylation is 2. The fourth-order valence-electron chi connectivity index (χ4n) is 2.85. The van der Waals surface area contributed by atoms with Crippen molar-refractivity contribution in [1.29, 1.82) is 0 Å². The monoisotopic (exact) mass is 397 g/mol. The molecule has 5 nitrogen and oxygen atoms in total. The highest BCUT2D eigenvalue weighted by Gasteiger charge is 2.25. The first-order valence-electron chi connectivity index (χ1n) is 7.35. The molecule has 1 aromatic carbocycles. The van der Waals surface area contributed by atoms with Gasteiger partial charge in [-0.05, 0) is 45.0 Å². The van der Waals surface area contributed by atoms with Crippen molar-refractivity contribution in [3.05, 3.63) is 62.0 Å². The fraction of sp³-hybridized carbons (Fsp3) is 0.176. The Hall–Kier alpha value is -1.95. The third kappa shape index (κ3) is 2.92. The van der Waals surface area contributed by atoms with Crippen molar-refractivity contribution in [2.75, 3.05) is 0 Å². The molecule has 130 valence electrons. The van der Waals surface area contributed by atoms with E-state index in [-0.39, 0.29) is 15.7 Å². The number of halogens is 3. The highest BCUT2D eigenvalue weighted by molar-refractivity contribution is 6.40. The Morgan fingerprint density at radius 3 is 2.04 bits per heavy atom. The third-order valence-corrected chi connectivity index (χ3v) is 4.76. The number of carboxylic acids is 1. The average Bonchev–Trinajstić information content (AvgIpc) is 2.99. The molecular weight excluding hydrogens is 385 g/mol. The predicted octanol–water partition coefficient (Wildman–Crippen LogP) is 5.25. The molecule has 1 N–H and O–H groups in total. The van der Waals surface area contributed by atoms with E-state index >= 15 is 0 Å². The van der Waals surface area contributed by atoms with Crippen LogP contribution < -0.4 is 0 Å². The molecular formula is C17H14Cl3N3O2. The number of rotatable bonds is 3. The molecule has 0 aliphatic carbocycles. The molecule has 0 amide bonds. The summed E-state index contributed by atoms with van der Waals surface area (Å²) in [6.45, 7) is 5.56. The number of aromatic carboxylic acids is 1. The van der Waals surface area contributed by atoms with Gasteiger partial charge in [-0.1, -0.05) is 34.8 Å². The number of benzene rings is 1. The zero-order valence-electron chi connectivity index (χ0n) is 13.6. The number of hydrogen-bond donors (Lipinski definition) is 1. The average molecular weight is 399 g/mol. The van der Waals surface area contributed by atoms with Crippen molar-refractivity contribution < 1.29 is 9.90 Å². The highest BCUT2D eigenvalue weighted by atomic mass is 35.5. The molecule has 0 aliphatic heterocycles. The van der Waals surface area contributed by atoms with Crippen LogP contribution in [0.2, 0.25) is 15.1 Å². The molecule has 0 aliphatic rings. The van der Waals surface area contributed by atoms with E-state index in [4.69, 9.17) is 34.8 Å². The van der Waals surface area contributed by atoms with Crippen molar-refractivity contribution in [1.82, 2.24) is 14.3 Å². The number of nitrogens with zero attached hydrogens (tertiary/aromatic N) is 3. The van der Waals surface area contributed by atoms with Gasteiger partial charge in [0.2, 0.25) is 0 Å². The maximum absolute atomic E-state index is 11.6. The lowest BCUT2D eigenvalue weighted by molar-refractivity contribution is 0.0689. The Labute approximate surface area is 159 Å². The fourth-order valence-corrected chi connectivity index (χ4v) is 3.83. The van der Waals surface area contributed by atoms with Gasteiger partial charge in [-0.2, -0.15) is 5.10 Å². The van der Waals surface area contributed by atoms with Gasteiger partial charge in [0.25, 0.3) is 0 Å². The van der Waals surface area contributed by atoms with E-state index in [0.717, 1.165) is 11.4 Å². The van der Waals surface area contributed by atoms with Crippen molar-refractivity contribution in [3.8, 4) is 11.5 Å². The minimum atomic E-state index is -1.12. The first kappa shape index (κ1) is 17.9. The van der Waals surface area contributed by atoms with Crippen LogP contribution in [-0.2, 0) is 0 Å². The summed E-state index contributed by atoms with van der Waals surface area (Å²) < 4.78 is 3.37. The van der Waals surface area contributed by atoms with Crippen LogP contribution >= 0.6 is 34.8 Å². The molecule has 0 saturated carbocycles. The third-order valence-electron chi connectivity index (χ3n) is 3.97. The van der Waals surface area contributed by atoms with Crippen LogP contribution in [0.25, 0.3) is 11.5 Å². The molecule has 2 heterocycles. The Bertz CT molecular complexity index is 962. The van der Waals surface area contributed by atoms with Gasteiger partial charge in [-0.25, -0.2) is 9.48 Å². The van der Waals surface area contributed by atoms with Crippen LogP contribution in [0, 0.1) is 20.8 Å². The SMILES string of the molecule is Cc1c(C(=O)O)nn(-c2c(Cl)cc(Cl)cc2Cl)c1-n1c(C)ccc1C. The van der Waals surface area contributed by atoms with Gasteiger partial charge in [-0.15, -0.1) is 0 Å². The second-order valence-corrected chi connectivity index (χ2v) is 6.93. The van der Waals surface area contributed by atoms with E-state index in [1.165, 1.54) is 4.68 Å². The van der Waals surface area contributed by atoms with Crippen LogP contribution in [-0.4, -0.2) is 25.4 Å². The van der Waals surface area contributed by atoms with Crippen molar-refractivity contribution in [2.24, 2.45) is 0 Å². The van der Waals surface area contributed by atoms with Gasteiger partial charge in [0.1, 0.15) is 11.5 Å². The molecule has 3 rings (SSSR count). The van der Waals surface area contributed by atoms with Crippen LogP contribution in [0.1, 0.15) is 27.4 Å². The van der Waals surface area contributed by atoms with E-state index < -0.39 is 5.97 Å². The first-order chi connectivity index (χ1) is 11.7. The maximum atomic E-state index is 11.6. The smallest absolute Gasteiger partial charge is 0.356 e. The summed E-state index contributed by atoms with van der Waals surface area (Å²) in [5.74, 6) is -0.551. The van der Waals surface area contributed by atoms with Crippen LogP contribution in [0.15, 0.2) is 24.3 Å². The number of carboxylic acid groups (broad SMARTS) is 1. The summed E-state index contributed by atoms with van der Waals surface area (Å²) in [5.41, 5.74) is 2.69. The van der Waals surface area contributed by atoms with Crippen molar-refractivity contribution in [3.63, 3.8) is 0 Å². The zero-order valence-corrected chi connectivity index (χ0v) is 15.9. The molecule has 0 spiro atoms. The topological polar surface area (TPSA) is 60.0 Å². The quantitative estimate of drug-likeness (QED) is 0.656. The molecule has 0 fully saturated rings. The van der Waals surface area contributed by atoms with E-state index in [1.54, 1.807) is 19.1 Å². The van der Waals surface area contributed by atoms with Gasteiger partial charge >= 0.3 is 5.97 Å². The number of carbonyl (C=O) groups is 1. The Balaban J connectivity index is 2.43. The molecule has 8 heteroatoms. The second kappa shape index (κ2) is 6.41. The normalized spacial score (nSPS) is 11.1. The zero-order chi connectivity index (χ0) is 18.5. The summed E-state index contributed by atoms with van der Waals surface area (Å²) in [7, 11) is 0. The molecule has 0 bridgehead atoms. The Kier molecular flexibility index (Phi) is 4.58. The highest BCUT2D eigenvalue weighted by Crippen LogP contribution is 2.35. The molecule has 0 saturated heterocycles. The van der Waals surface area contributed by atoms with Gasteiger partial charge in [0.05, 0.1) is 10.0 Å². The van der Waals surface area contributed by atoms with Crippen molar-refractivity contribution >= 4 is 40.8 Å². The summed E-state index contributed by atoms with van der Waals surface area (Å²) in [5, 5.41) is 14.7. The Morgan fingerprint density at radius 1 is 1.04 bits per heavy atom. The summed E-state index contributed by atoms with van der Waals surface area (Å²) in [4.78, 5) is 11.6. The van der Waals surface area contributed by atoms with Crippen molar-refractivity contribution in [2.45, 2.75) is 20.8 Å². The lowest BCUT2D eigenvalue weighted by Crippen LogP contribution is -2.10. The maximum Gasteiger partial charge on any atom is 0.356 e. The molecule has 0 radical (unpaired) electrons. The molecule has 25 heavy (non-hydrogen) atoms. The first-order valence-corrected chi connectivity index (χ1v) is 8.49. The second-order valence-electron chi connectivity index (χ2n) is 5.68. The molecule has 2 aromatic heterocycles. The summed E-state index contributed by atoms with van der Waals surface area (Å²) in [6, 6.07) is 6.97. The molecule has 3 aromatic rings. The summed E-state index contributed by atoms with van der Waals surface area (Å²) in [6.07, 6.45) is 0. The van der Waals surface area contributed by atoms with Gasteiger partial charge in [-0.3, -0.25) is 0 Å². The minimum Gasteiger partial charge on any atom is -0.476 e. The predicted molar refractivity (Wildman–Crippen MR) is 99.1 cm³/mol. The minimum absolute atomic E-state index is 0.0652. The van der Waals surface area contributed by atoms with Crippen LogP contribution in [0.4, 0.5) is 0 Å². The van der Waals surface area contributed by atoms with Gasteiger partial charge in [0, 0.05) is 22.0 Å². The van der Waals surface area contributed by atoms with Gasteiger partial charge < -0.3 is 9.67 Å². The lowest BCUT2D eigenvalue weighted by atomic mass is 10.2. The standard InChI is InChI=1S/C17H14Cl3N3O2/c1-8-4-5-9(2)22(8)16-10(3)14(17(24)25)21-23(16)15-12(19)6-11(18)7-13(15)20/h4-7H,1-3H3,(H,24,25). The number of hydrogen-bond acceptors (Lipinski definition) is 2. The van der Waals surface area contributed by atoms with E-state index in [2.05, 4.69) is 5.10 Å². The van der Waals surface area contributed by atoms with E-state index in [9.17, 15) is 9.90 Å². The molecule has 0 atom stereocenters. The summed E-state index contributed by atoms with van der Waals surface area (Å²) >= 11 is 18.7. The molecule has 0 unspecified atom stereocenters. The number of aromatic nitrogens is 3. The van der Waals surface area contributed by atoms with Crippen LogP contribution in [0.5, 0.6) is 0 Å². The lowest BCUT2D eigenvalue weighted by Gasteiger charge is -2.15. The largest absolute Gasteiger partial charge is 0.476 e. The Morgan fingerprint density at radius 2 is 1.56 bits per heavy atom. The van der Waals surface area contributed by atoms with E-state index in [1.807, 2.05) is 30.5 Å². The van der Waals surface area contributed by atoms with E-state index in [0.29, 0.717) is 22.1 Å². The van der Waals surface area contributed by atoms with Crippen LogP contribution in [0.3, 0.4) is 0 Å². The van der Waals surface area contributed by atoms with Gasteiger partial charge in [0.15, 0.2) is 5.69 Å².